The number of hydrogen-bond donors (Lipinski definition) is 2. The molecular weight excluding hydrogens is 252 g/mol. The summed E-state index contributed by atoms with van der Waals surface area (Å²) in [5.74, 6) is 0.136. The number of benzene rings is 1. The lowest BCUT2D eigenvalue weighted by molar-refractivity contribution is -0.120. The maximum absolute atomic E-state index is 12.2. The van der Waals surface area contributed by atoms with E-state index in [0.717, 1.165) is 19.3 Å². The van der Waals surface area contributed by atoms with Gasteiger partial charge in [-0.05, 0) is 43.5 Å². The number of anilines is 1. The highest BCUT2D eigenvalue weighted by molar-refractivity contribution is 5.93. The Hall–Kier alpha value is -2.37. The van der Waals surface area contributed by atoms with E-state index >= 15 is 0 Å². The molecule has 0 spiro atoms. The highest BCUT2D eigenvalue weighted by Crippen LogP contribution is 2.32. The van der Waals surface area contributed by atoms with E-state index in [0.29, 0.717) is 17.8 Å². The number of carbonyl (C=O) groups excluding carboxylic acids is 1. The molecule has 3 N–H and O–H groups in total. The van der Waals surface area contributed by atoms with Crippen LogP contribution in [0.5, 0.6) is 0 Å². The summed E-state index contributed by atoms with van der Waals surface area (Å²) in [7, 11) is 0. The van der Waals surface area contributed by atoms with Gasteiger partial charge in [0.1, 0.15) is 12.1 Å². The Morgan fingerprint density at radius 3 is 2.70 bits per heavy atom. The molecule has 2 rings (SSSR count). The maximum Gasteiger partial charge on any atom is 0.227 e. The fraction of sp³-hybridized carbons (Fsp3) is 0.400. The van der Waals surface area contributed by atoms with Crippen molar-refractivity contribution in [3.63, 3.8) is 0 Å². The van der Waals surface area contributed by atoms with Gasteiger partial charge in [0.2, 0.25) is 5.91 Å². The number of nitrogens with one attached hydrogen (secondary N) is 1. The molecule has 0 aromatic heterocycles. The summed E-state index contributed by atoms with van der Waals surface area (Å²) >= 11 is 0. The first-order valence-electron chi connectivity index (χ1n) is 6.64. The van der Waals surface area contributed by atoms with E-state index in [1.807, 2.05) is 12.1 Å². The fourth-order valence-corrected chi connectivity index (χ4v) is 2.71. The van der Waals surface area contributed by atoms with E-state index < -0.39 is 0 Å². The van der Waals surface area contributed by atoms with Gasteiger partial charge in [-0.15, -0.1) is 0 Å². The molecule has 5 heteroatoms. The van der Waals surface area contributed by atoms with Crippen LogP contribution in [0.1, 0.15) is 30.4 Å². The van der Waals surface area contributed by atoms with Crippen molar-refractivity contribution in [1.29, 1.82) is 10.5 Å². The Kier molecular flexibility index (Phi) is 4.34. The van der Waals surface area contributed by atoms with Crippen LogP contribution < -0.4 is 11.1 Å². The van der Waals surface area contributed by atoms with Gasteiger partial charge in [-0.2, -0.15) is 10.5 Å². The molecule has 2 atom stereocenters. The van der Waals surface area contributed by atoms with Crippen molar-refractivity contribution in [2.24, 2.45) is 17.6 Å². The van der Waals surface area contributed by atoms with Crippen LogP contribution in [0, 0.1) is 34.5 Å². The molecule has 2 unspecified atom stereocenters. The Morgan fingerprint density at radius 1 is 1.30 bits per heavy atom. The number of nitriles is 2. The lowest BCUT2D eigenvalue weighted by Crippen LogP contribution is -2.29. The third-order valence-electron chi connectivity index (χ3n) is 3.83. The molecule has 1 amide bonds. The molecule has 1 aliphatic rings. The standard InChI is InChI=1S/C15H16N4O/c16-7-10-4-5-13(6-12(10)9-18)19-15(20)14-3-1-2-11(14)8-17/h4-6,11,14H,1-3,8,17H2,(H,19,20). The first-order chi connectivity index (χ1) is 9.69. The summed E-state index contributed by atoms with van der Waals surface area (Å²) in [5.41, 5.74) is 6.81. The topological polar surface area (TPSA) is 103 Å². The molecule has 102 valence electrons. The largest absolute Gasteiger partial charge is 0.330 e. The first-order valence-corrected chi connectivity index (χ1v) is 6.64. The molecular formula is C15H16N4O. The predicted octanol–water partition coefficient (Wildman–Crippen LogP) is 1.74. The molecule has 1 saturated carbocycles. The minimum absolute atomic E-state index is 0.0495. The zero-order valence-electron chi connectivity index (χ0n) is 11.1. The zero-order valence-corrected chi connectivity index (χ0v) is 11.1. The number of nitrogens with zero attached hydrogens (tertiary/aromatic N) is 2. The zero-order chi connectivity index (χ0) is 14.5. The van der Waals surface area contributed by atoms with E-state index in [9.17, 15) is 4.79 Å². The quantitative estimate of drug-likeness (QED) is 0.871. The smallest absolute Gasteiger partial charge is 0.227 e. The Balaban J connectivity index is 2.13. The van der Waals surface area contributed by atoms with Gasteiger partial charge in [0.15, 0.2) is 0 Å². The van der Waals surface area contributed by atoms with Crippen LogP contribution in [-0.4, -0.2) is 12.5 Å². The summed E-state index contributed by atoms with van der Waals surface area (Å²) < 4.78 is 0. The molecule has 20 heavy (non-hydrogen) atoms. The minimum Gasteiger partial charge on any atom is -0.330 e. The minimum atomic E-state index is -0.0545. The van der Waals surface area contributed by atoms with Gasteiger partial charge in [0.25, 0.3) is 0 Å². The van der Waals surface area contributed by atoms with Crippen molar-refractivity contribution < 1.29 is 4.79 Å². The summed E-state index contributed by atoms with van der Waals surface area (Å²) in [5, 5.41) is 20.6. The normalized spacial score (nSPS) is 20.9. The highest BCUT2D eigenvalue weighted by Gasteiger charge is 2.31. The molecule has 0 aliphatic heterocycles. The van der Waals surface area contributed by atoms with Crippen LogP contribution in [-0.2, 0) is 4.79 Å². The van der Waals surface area contributed by atoms with Gasteiger partial charge in [0, 0.05) is 11.6 Å². The maximum atomic E-state index is 12.2. The average Bonchev–Trinajstić information content (AvgIpc) is 2.95. The molecule has 1 fully saturated rings. The van der Waals surface area contributed by atoms with Gasteiger partial charge >= 0.3 is 0 Å². The van der Waals surface area contributed by atoms with Crippen LogP contribution in [0.4, 0.5) is 5.69 Å². The fourth-order valence-electron chi connectivity index (χ4n) is 2.71. The van der Waals surface area contributed by atoms with Crippen LogP contribution in [0.15, 0.2) is 18.2 Å². The third-order valence-corrected chi connectivity index (χ3v) is 3.83. The third kappa shape index (κ3) is 2.79. The number of amides is 1. The van der Waals surface area contributed by atoms with Gasteiger partial charge < -0.3 is 11.1 Å². The Bertz CT molecular complexity index is 597. The van der Waals surface area contributed by atoms with E-state index in [2.05, 4.69) is 5.32 Å². The van der Waals surface area contributed by atoms with E-state index in [1.165, 1.54) is 6.07 Å². The van der Waals surface area contributed by atoms with Crippen molar-refractivity contribution in [3.05, 3.63) is 29.3 Å². The monoisotopic (exact) mass is 268 g/mol. The van der Waals surface area contributed by atoms with Crippen molar-refractivity contribution in [1.82, 2.24) is 0 Å². The summed E-state index contributed by atoms with van der Waals surface area (Å²) in [6.07, 6.45) is 2.87. The highest BCUT2D eigenvalue weighted by atomic mass is 16.1. The summed E-state index contributed by atoms with van der Waals surface area (Å²) in [6, 6.07) is 8.62. The Labute approximate surface area is 118 Å². The number of hydrogen-bond acceptors (Lipinski definition) is 4. The molecule has 1 aromatic rings. The first kappa shape index (κ1) is 14.0. The van der Waals surface area contributed by atoms with E-state index in [4.69, 9.17) is 16.3 Å². The number of nitrogens with two attached hydrogens (primary N) is 1. The molecule has 5 nitrogen and oxygen atoms in total. The van der Waals surface area contributed by atoms with Gasteiger partial charge in [-0.25, -0.2) is 0 Å². The molecule has 0 saturated heterocycles. The van der Waals surface area contributed by atoms with Crippen molar-refractivity contribution >= 4 is 11.6 Å². The lowest BCUT2D eigenvalue weighted by atomic mass is 9.95. The van der Waals surface area contributed by atoms with E-state index in [1.54, 1.807) is 12.1 Å². The summed E-state index contributed by atoms with van der Waals surface area (Å²) in [4.78, 5) is 12.2. The van der Waals surface area contributed by atoms with Crippen LogP contribution in [0.2, 0.25) is 0 Å². The van der Waals surface area contributed by atoms with Crippen LogP contribution >= 0.6 is 0 Å². The van der Waals surface area contributed by atoms with Gasteiger partial charge in [0.05, 0.1) is 11.1 Å². The SMILES string of the molecule is N#Cc1ccc(NC(=O)C2CCCC2CN)cc1C#N. The average molecular weight is 268 g/mol. The van der Waals surface area contributed by atoms with Crippen molar-refractivity contribution in [2.75, 3.05) is 11.9 Å². The second kappa shape index (κ2) is 6.18. The van der Waals surface area contributed by atoms with Crippen LogP contribution in [0.25, 0.3) is 0 Å². The lowest BCUT2D eigenvalue weighted by Gasteiger charge is -2.17. The molecule has 0 heterocycles. The van der Waals surface area contributed by atoms with Gasteiger partial charge in [-0.1, -0.05) is 6.42 Å². The molecule has 1 aromatic carbocycles. The van der Waals surface area contributed by atoms with Crippen molar-refractivity contribution in [3.8, 4) is 12.1 Å². The predicted molar refractivity (Wildman–Crippen MR) is 74.4 cm³/mol. The van der Waals surface area contributed by atoms with Gasteiger partial charge in [-0.3, -0.25) is 4.79 Å². The second-order valence-corrected chi connectivity index (χ2v) is 5.01. The second-order valence-electron chi connectivity index (χ2n) is 5.01. The van der Waals surface area contributed by atoms with Crippen molar-refractivity contribution in [2.45, 2.75) is 19.3 Å². The van der Waals surface area contributed by atoms with E-state index in [-0.39, 0.29) is 23.3 Å². The van der Waals surface area contributed by atoms with Crippen LogP contribution in [0.3, 0.4) is 0 Å². The Morgan fingerprint density at radius 2 is 2.05 bits per heavy atom. The molecule has 1 aliphatic carbocycles. The number of carbonyl (C=O) groups is 1. The number of rotatable bonds is 3. The molecule has 0 radical (unpaired) electrons. The summed E-state index contributed by atoms with van der Waals surface area (Å²) in [6.45, 7) is 0.523. The molecule has 0 bridgehead atoms.